The van der Waals surface area contributed by atoms with Crippen molar-refractivity contribution in [1.29, 1.82) is 0 Å². The van der Waals surface area contributed by atoms with E-state index in [1.165, 1.54) is 23.1 Å². The standard InChI is InChI=1S/C31H36O5/c1-3-22(2)16-17-32-26-10-4-23(5-11-26)31(24-6-12-27(13-7-24)33-18-29-20-35-29)25-8-14-28(15-9-25)34-19-30-21-36-30/h4-15,22,29-31H,3,16-21H2,1-2H3. The molecule has 2 saturated heterocycles. The van der Waals surface area contributed by atoms with Crippen LogP contribution in [0.25, 0.3) is 0 Å². The Labute approximate surface area is 214 Å². The van der Waals surface area contributed by atoms with Crippen molar-refractivity contribution >= 4 is 0 Å². The number of epoxide rings is 2. The zero-order valence-electron chi connectivity index (χ0n) is 21.2. The molecule has 0 aliphatic carbocycles. The predicted molar refractivity (Wildman–Crippen MR) is 140 cm³/mol. The minimum Gasteiger partial charge on any atom is -0.494 e. The summed E-state index contributed by atoms with van der Waals surface area (Å²) in [6.45, 7) is 8.04. The summed E-state index contributed by atoms with van der Waals surface area (Å²) in [7, 11) is 0. The van der Waals surface area contributed by atoms with Gasteiger partial charge in [-0.15, -0.1) is 0 Å². The Balaban J connectivity index is 1.32. The van der Waals surface area contributed by atoms with Gasteiger partial charge in [0.05, 0.1) is 19.8 Å². The van der Waals surface area contributed by atoms with Crippen LogP contribution in [0.4, 0.5) is 0 Å². The molecule has 0 spiro atoms. The number of hydrogen-bond acceptors (Lipinski definition) is 5. The molecule has 0 N–H and O–H groups in total. The molecule has 2 aliphatic heterocycles. The maximum atomic E-state index is 6.01. The van der Waals surface area contributed by atoms with Gasteiger partial charge in [-0.3, -0.25) is 0 Å². The highest BCUT2D eigenvalue weighted by Crippen LogP contribution is 2.35. The molecule has 0 bridgehead atoms. The summed E-state index contributed by atoms with van der Waals surface area (Å²) < 4.78 is 28.2. The van der Waals surface area contributed by atoms with Gasteiger partial charge in [-0.1, -0.05) is 56.7 Å². The van der Waals surface area contributed by atoms with Crippen LogP contribution < -0.4 is 14.2 Å². The van der Waals surface area contributed by atoms with E-state index in [-0.39, 0.29) is 18.1 Å². The molecule has 3 aromatic carbocycles. The largest absolute Gasteiger partial charge is 0.494 e. The summed E-state index contributed by atoms with van der Waals surface area (Å²) in [6.07, 6.45) is 2.75. The molecule has 2 heterocycles. The van der Waals surface area contributed by atoms with E-state index < -0.39 is 0 Å². The lowest BCUT2D eigenvalue weighted by atomic mass is 9.85. The topological polar surface area (TPSA) is 52.8 Å². The SMILES string of the molecule is CCC(C)CCOc1ccc(C(c2ccc(OCC3CO3)cc2)c2ccc(OCC3CO3)cc2)cc1. The van der Waals surface area contributed by atoms with Crippen LogP contribution in [0.3, 0.4) is 0 Å². The van der Waals surface area contributed by atoms with E-state index in [0.29, 0.717) is 19.1 Å². The van der Waals surface area contributed by atoms with Crippen LogP contribution >= 0.6 is 0 Å². The summed E-state index contributed by atoms with van der Waals surface area (Å²) in [6, 6.07) is 25.3. The van der Waals surface area contributed by atoms with Gasteiger partial charge >= 0.3 is 0 Å². The van der Waals surface area contributed by atoms with Crippen molar-refractivity contribution in [3.05, 3.63) is 89.5 Å². The molecule has 3 atom stereocenters. The maximum absolute atomic E-state index is 6.01. The quantitative estimate of drug-likeness (QED) is 0.199. The van der Waals surface area contributed by atoms with Gasteiger partial charge in [0, 0.05) is 5.92 Å². The van der Waals surface area contributed by atoms with Crippen molar-refractivity contribution < 1.29 is 23.7 Å². The molecule has 2 aliphatic rings. The number of rotatable bonds is 14. The molecule has 0 saturated carbocycles. The Bertz CT molecular complexity index is 1010. The minimum atomic E-state index is 0.0841. The fourth-order valence-corrected chi connectivity index (χ4v) is 4.14. The van der Waals surface area contributed by atoms with E-state index in [4.69, 9.17) is 23.7 Å². The highest BCUT2D eigenvalue weighted by atomic mass is 16.6. The van der Waals surface area contributed by atoms with Crippen LogP contribution in [0.15, 0.2) is 72.8 Å². The van der Waals surface area contributed by atoms with E-state index >= 15 is 0 Å². The molecule has 3 unspecified atom stereocenters. The average Bonchev–Trinajstić information content (AvgIpc) is 3.84. The second-order valence-electron chi connectivity index (χ2n) is 9.82. The predicted octanol–water partition coefficient (Wildman–Crippen LogP) is 6.24. The van der Waals surface area contributed by atoms with Crippen LogP contribution in [-0.4, -0.2) is 45.2 Å². The lowest BCUT2D eigenvalue weighted by Gasteiger charge is -2.20. The van der Waals surface area contributed by atoms with Crippen molar-refractivity contribution in [2.45, 2.75) is 44.8 Å². The Hall–Kier alpha value is -3.02. The molecule has 2 fully saturated rings. The van der Waals surface area contributed by atoms with Gasteiger partial charge in [-0.25, -0.2) is 0 Å². The molecule has 0 radical (unpaired) electrons. The molecular formula is C31H36O5. The van der Waals surface area contributed by atoms with Gasteiger partial charge in [0.2, 0.25) is 0 Å². The van der Waals surface area contributed by atoms with Crippen LogP contribution in [0.5, 0.6) is 17.2 Å². The first-order chi connectivity index (χ1) is 17.7. The number of hydrogen-bond donors (Lipinski definition) is 0. The fraction of sp³-hybridized carbons (Fsp3) is 0.419. The lowest BCUT2D eigenvalue weighted by Crippen LogP contribution is -2.07. The molecule has 5 nitrogen and oxygen atoms in total. The maximum Gasteiger partial charge on any atom is 0.119 e. The van der Waals surface area contributed by atoms with Gasteiger partial charge in [0.15, 0.2) is 0 Å². The third-order valence-corrected chi connectivity index (χ3v) is 6.89. The lowest BCUT2D eigenvalue weighted by molar-refractivity contribution is 0.263. The van der Waals surface area contributed by atoms with Crippen LogP contribution in [0, 0.1) is 5.92 Å². The second-order valence-corrected chi connectivity index (χ2v) is 9.82. The first kappa shape index (κ1) is 24.7. The Kier molecular flexibility index (Phi) is 8.09. The number of ether oxygens (including phenoxy) is 5. The van der Waals surface area contributed by atoms with Crippen molar-refractivity contribution in [2.75, 3.05) is 33.0 Å². The summed E-state index contributed by atoms with van der Waals surface area (Å²) in [5.41, 5.74) is 3.62. The molecule has 0 aromatic heterocycles. The third kappa shape index (κ3) is 7.02. The van der Waals surface area contributed by atoms with Crippen molar-refractivity contribution in [3.63, 3.8) is 0 Å². The monoisotopic (exact) mass is 488 g/mol. The average molecular weight is 489 g/mol. The molecule has 190 valence electrons. The first-order valence-corrected chi connectivity index (χ1v) is 13.1. The van der Waals surface area contributed by atoms with Crippen LogP contribution in [0.2, 0.25) is 0 Å². The van der Waals surface area contributed by atoms with Gasteiger partial charge in [0.25, 0.3) is 0 Å². The molecule has 5 heteroatoms. The van der Waals surface area contributed by atoms with E-state index in [1.807, 2.05) is 24.3 Å². The summed E-state index contributed by atoms with van der Waals surface area (Å²) in [4.78, 5) is 0. The van der Waals surface area contributed by atoms with Crippen molar-refractivity contribution in [3.8, 4) is 17.2 Å². The van der Waals surface area contributed by atoms with Gasteiger partial charge in [-0.2, -0.15) is 0 Å². The molecule has 5 rings (SSSR count). The summed E-state index contributed by atoms with van der Waals surface area (Å²) >= 11 is 0. The minimum absolute atomic E-state index is 0.0841. The molecule has 36 heavy (non-hydrogen) atoms. The fourth-order valence-electron chi connectivity index (χ4n) is 4.14. The Morgan fingerprint density at radius 3 is 1.42 bits per heavy atom. The normalized spacial score (nSPS) is 19.8. The summed E-state index contributed by atoms with van der Waals surface area (Å²) in [5.74, 6) is 3.41. The zero-order valence-corrected chi connectivity index (χ0v) is 21.2. The van der Waals surface area contributed by atoms with E-state index in [1.54, 1.807) is 0 Å². The molecular weight excluding hydrogens is 452 g/mol. The van der Waals surface area contributed by atoms with E-state index in [9.17, 15) is 0 Å². The highest BCUT2D eigenvalue weighted by Gasteiger charge is 2.24. The third-order valence-electron chi connectivity index (χ3n) is 6.89. The second kappa shape index (κ2) is 11.8. The Morgan fingerprint density at radius 1 is 0.667 bits per heavy atom. The van der Waals surface area contributed by atoms with Crippen molar-refractivity contribution in [2.24, 2.45) is 5.92 Å². The molecule has 0 amide bonds. The number of benzene rings is 3. The van der Waals surface area contributed by atoms with Gasteiger partial charge in [0.1, 0.15) is 42.7 Å². The van der Waals surface area contributed by atoms with Gasteiger partial charge < -0.3 is 23.7 Å². The van der Waals surface area contributed by atoms with Crippen molar-refractivity contribution in [1.82, 2.24) is 0 Å². The van der Waals surface area contributed by atoms with Crippen LogP contribution in [0.1, 0.15) is 49.3 Å². The van der Waals surface area contributed by atoms with Crippen LogP contribution in [-0.2, 0) is 9.47 Å². The van der Waals surface area contributed by atoms with E-state index in [0.717, 1.165) is 43.5 Å². The smallest absolute Gasteiger partial charge is 0.119 e. The molecule has 3 aromatic rings. The summed E-state index contributed by atoms with van der Waals surface area (Å²) in [5, 5.41) is 0. The van der Waals surface area contributed by atoms with Gasteiger partial charge in [-0.05, 0) is 65.4 Å². The first-order valence-electron chi connectivity index (χ1n) is 13.1. The highest BCUT2D eigenvalue weighted by molar-refractivity contribution is 5.46. The van der Waals surface area contributed by atoms with E-state index in [2.05, 4.69) is 62.4 Å². The zero-order chi connectivity index (χ0) is 24.7. The Morgan fingerprint density at radius 2 is 1.06 bits per heavy atom.